The highest BCUT2D eigenvalue weighted by Gasteiger charge is 2.24. The average Bonchev–Trinajstić information content (AvgIpc) is 2.73. The van der Waals surface area contributed by atoms with E-state index in [4.69, 9.17) is 9.47 Å². The van der Waals surface area contributed by atoms with Crippen molar-refractivity contribution in [3.05, 3.63) is 71.3 Å². The van der Waals surface area contributed by atoms with Crippen molar-refractivity contribution in [3.8, 4) is 0 Å². The maximum absolute atomic E-state index is 12.6. The number of carbonyl (C=O) groups excluding carboxylic acids is 1. The van der Waals surface area contributed by atoms with Crippen LogP contribution < -0.4 is 0 Å². The van der Waals surface area contributed by atoms with Gasteiger partial charge in [0.1, 0.15) is 5.92 Å². The van der Waals surface area contributed by atoms with E-state index in [1.165, 1.54) is 37.7 Å². The van der Waals surface area contributed by atoms with E-state index in [0.29, 0.717) is 25.7 Å². The predicted octanol–water partition coefficient (Wildman–Crippen LogP) is 5.60. The molecule has 0 bridgehead atoms. The molecule has 0 saturated heterocycles. The fraction of sp³-hybridized carbons (Fsp3) is 0.458. The largest absolute Gasteiger partial charge is 0.465 e. The quantitative estimate of drug-likeness (QED) is 0.571. The van der Waals surface area contributed by atoms with Gasteiger partial charge in [-0.3, -0.25) is 4.79 Å². The van der Waals surface area contributed by atoms with Crippen molar-refractivity contribution in [2.45, 2.75) is 57.5 Å². The molecule has 2 aromatic rings. The molecule has 0 N–H and O–H groups in total. The van der Waals surface area contributed by atoms with Gasteiger partial charge in [-0.1, -0.05) is 73.9 Å². The Morgan fingerprint density at radius 3 is 2.56 bits per heavy atom. The predicted molar refractivity (Wildman–Crippen MR) is 108 cm³/mol. The van der Waals surface area contributed by atoms with Gasteiger partial charge in [0.25, 0.3) is 0 Å². The van der Waals surface area contributed by atoms with Crippen molar-refractivity contribution >= 4 is 5.97 Å². The first-order chi connectivity index (χ1) is 13.3. The minimum atomic E-state index is -0.378. The average molecular weight is 367 g/mol. The van der Waals surface area contributed by atoms with Gasteiger partial charge >= 0.3 is 5.97 Å². The number of esters is 1. The summed E-state index contributed by atoms with van der Waals surface area (Å²) < 4.78 is 11.2. The number of hydrogen-bond acceptors (Lipinski definition) is 3. The molecule has 1 aliphatic carbocycles. The van der Waals surface area contributed by atoms with Crippen LogP contribution in [0.25, 0.3) is 0 Å². The molecule has 0 aliphatic heterocycles. The summed E-state index contributed by atoms with van der Waals surface area (Å²) in [6.45, 7) is 3.06. The van der Waals surface area contributed by atoms with Gasteiger partial charge < -0.3 is 9.47 Å². The van der Waals surface area contributed by atoms with E-state index in [2.05, 4.69) is 18.2 Å². The van der Waals surface area contributed by atoms with E-state index in [9.17, 15) is 4.79 Å². The first-order valence-corrected chi connectivity index (χ1v) is 10.2. The Labute approximate surface area is 162 Å². The van der Waals surface area contributed by atoms with Crippen LogP contribution >= 0.6 is 0 Å². The minimum absolute atomic E-state index is 0.202. The third-order valence-corrected chi connectivity index (χ3v) is 5.36. The summed E-state index contributed by atoms with van der Waals surface area (Å²) in [5.74, 6) is 0.0374. The standard InChI is InChI=1S/C24H30O3/c1-2-27-24(25)23(18-26-17-19-10-5-3-6-11-19)22-15-9-14-21(16-22)20-12-7-4-8-13-20/h3,5-6,9-11,14-16,20,23H,2,4,7-8,12-13,17-18H2,1H3. The Morgan fingerprint density at radius 1 is 1.04 bits per heavy atom. The van der Waals surface area contributed by atoms with Gasteiger partial charge in [0.15, 0.2) is 0 Å². The molecule has 1 fully saturated rings. The topological polar surface area (TPSA) is 35.5 Å². The van der Waals surface area contributed by atoms with E-state index in [-0.39, 0.29) is 11.9 Å². The molecule has 3 heteroatoms. The fourth-order valence-electron chi connectivity index (χ4n) is 3.88. The monoisotopic (exact) mass is 366 g/mol. The number of ether oxygens (including phenoxy) is 2. The van der Waals surface area contributed by atoms with Crippen LogP contribution in [0.15, 0.2) is 54.6 Å². The summed E-state index contributed by atoms with van der Waals surface area (Å²) in [5, 5.41) is 0. The number of rotatable bonds is 8. The second-order valence-electron chi connectivity index (χ2n) is 7.31. The Hall–Kier alpha value is -2.13. The van der Waals surface area contributed by atoms with Crippen LogP contribution in [-0.4, -0.2) is 19.2 Å². The molecular formula is C24H30O3. The Balaban J connectivity index is 1.71. The van der Waals surface area contributed by atoms with Gasteiger partial charge in [-0.15, -0.1) is 0 Å². The SMILES string of the molecule is CCOC(=O)C(COCc1ccccc1)c1cccc(C2CCCCC2)c1. The van der Waals surface area contributed by atoms with Crippen LogP contribution in [0.3, 0.4) is 0 Å². The molecule has 2 aromatic carbocycles. The van der Waals surface area contributed by atoms with Crippen LogP contribution in [0, 0.1) is 0 Å². The van der Waals surface area contributed by atoms with Crippen LogP contribution in [0.5, 0.6) is 0 Å². The number of hydrogen-bond donors (Lipinski definition) is 0. The molecule has 0 spiro atoms. The van der Waals surface area contributed by atoms with Gasteiger partial charge in [0, 0.05) is 0 Å². The first kappa shape index (κ1) is 19.6. The number of carbonyl (C=O) groups is 1. The zero-order chi connectivity index (χ0) is 18.9. The summed E-state index contributed by atoms with van der Waals surface area (Å²) >= 11 is 0. The molecule has 1 aliphatic rings. The smallest absolute Gasteiger partial charge is 0.315 e. The van der Waals surface area contributed by atoms with Gasteiger partial charge in [-0.25, -0.2) is 0 Å². The molecule has 1 unspecified atom stereocenters. The molecule has 1 atom stereocenters. The van der Waals surface area contributed by atoms with E-state index in [1.807, 2.05) is 43.3 Å². The third kappa shape index (κ3) is 5.67. The lowest BCUT2D eigenvalue weighted by atomic mass is 9.83. The highest BCUT2D eigenvalue weighted by molar-refractivity contribution is 5.78. The molecule has 1 saturated carbocycles. The maximum atomic E-state index is 12.6. The van der Waals surface area contributed by atoms with Crippen molar-refractivity contribution in [2.24, 2.45) is 0 Å². The van der Waals surface area contributed by atoms with Gasteiger partial charge in [0.05, 0.1) is 19.8 Å². The molecule has 0 radical (unpaired) electrons. The third-order valence-electron chi connectivity index (χ3n) is 5.36. The number of benzene rings is 2. The normalized spacial score (nSPS) is 16.0. The van der Waals surface area contributed by atoms with E-state index < -0.39 is 0 Å². The van der Waals surface area contributed by atoms with Crippen LogP contribution in [0.4, 0.5) is 0 Å². The summed E-state index contributed by atoms with van der Waals surface area (Å²) in [4.78, 5) is 12.6. The van der Waals surface area contributed by atoms with Crippen molar-refractivity contribution in [3.63, 3.8) is 0 Å². The molecule has 3 nitrogen and oxygen atoms in total. The van der Waals surface area contributed by atoms with Crippen molar-refractivity contribution in [1.82, 2.24) is 0 Å². The lowest BCUT2D eigenvalue weighted by molar-refractivity contribution is -0.146. The van der Waals surface area contributed by atoms with Crippen molar-refractivity contribution in [1.29, 1.82) is 0 Å². The minimum Gasteiger partial charge on any atom is -0.465 e. The molecule has 144 valence electrons. The summed E-state index contributed by atoms with van der Waals surface area (Å²) in [7, 11) is 0. The lowest BCUT2D eigenvalue weighted by Gasteiger charge is -2.23. The van der Waals surface area contributed by atoms with Crippen molar-refractivity contribution in [2.75, 3.05) is 13.2 Å². The second kappa shape index (κ2) is 10.3. The van der Waals surface area contributed by atoms with E-state index in [1.54, 1.807) is 0 Å². The van der Waals surface area contributed by atoms with Gasteiger partial charge in [-0.05, 0) is 42.4 Å². The molecular weight excluding hydrogens is 336 g/mol. The van der Waals surface area contributed by atoms with Crippen molar-refractivity contribution < 1.29 is 14.3 Å². The molecule has 0 aromatic heterocycles. The van der Waals surface area contributed by atoms with Crippen LogP contribution in [-0.2, 0) is 20.9 Å². The maximum Gasteiger partial charge on any atom is 0.315 e. The van der Waals surface area contributed by atoms with Crippen LogP contribution in [0.2, 0.25) is 0 Å². The molecule has 27 heavy (non-hydrogen) atoms. The van der Waals surface area contributed by atoms with Crippen LogP contribution in [0.1, 0.15) is 67.6 Å². The summed E-state index contributed by atoms with van der Waals surface area (Å²) in [6.07, 6.45) is 6.44. The Morgan fingerprint density at radius 2 is 1.81 bits per heavy atom. The summed E-state index contributed by atoms with van der Waals surface area (Å²) in [6, 6.07) is 18.5. The van der Waals surface area contributed by atoms with Gasteiger partial charge in [0.2, 0.25) is 0 Å². The lowest BCUT2D eigenvalue weighted by Crippen LogP contribution is -2.21. The first-order valence-electron chi connectivity index (χ1n) is 10.2. The zero-order valence-electron chi connectivity index (χ0n) is 16.2. The zero-order valence-corrected chi connectivity index (χ0v) is 16.2. The highest BCUT2D eigenvalue weighted by atomic mass is 16.5. The van der Waals surface area contributed by atoms with E-state index in [0.717, 1.165) is 11.1 Å². The second-order valence-corrected chi connectivity index (χ2v) is 7.31. The molecule has 3 rings (SSSR count). The molecule has 0 heterocycles. The summed E-state index contributed by atoms with van der Waals surface area (Å²) in [5.41, 5.74) is 3.46. The Kier molecular flexibility index (Phi) is 7.46. The highest BCUT2D eigenvalue weighted by Crippen LogP contribution is 2.34. The fourth-order valence-corrected chi connectivity index (χ4v) is 3.88. The molecule has 0 amide bonds. The van der Waals surface area contributed by atoms with E-state index >= 15 is 0 Å². The van der Waals surface area contributed by atoms with Gasteiger partial charge in [-0.2, -0.15) is 0 Å². The Bertz CT molecular complexity index is 705.